The second-order valence-corrected chi connectivity index (χ2v) is 7.68. The molecule has 0 spiro atoms. The zero-order valence-electron chi connectivity index (χ0n) is 16.9. The maximum Gasteiger partial charge on any atom is 0.191 e. The van der Waals surface area contributed by atoms with Crippen molar-refractivity contribution in [1.82, 2.24) is 20.7 Å². The number of likely N-dealkylation sites (tertiary alicyclic amines) is 1. The second-order valence-electron chi connectivity index (χ2n) is 7.68. The van der Waals surface area contributed by atoms with Gasteiger partial charge in [-0.15, -0.1) is 24.0 Å². The number of piperidine rings is 1. The maximum atomic E-state index is 5.38. The standard InChI is InChI=1S/C19H35N5O.HI/c1-6-20-19(21-12-17-11-18(15(4)5)23-25-17)22-16-7-9-24(10-8-16)13-14(2)3;/h11,14-16H,6-10,12-13H2,1-5H3,(H2,20,21,22);1H. The van der Waals surface area contributed by atoms with Crippen molar-refractivity contribution in [2.75, 3.05) is 26.2 Å². The molecular weight excluding hydrogens is 441 g/mol. The van der Waals surface area contributed by atoms with Gasteiger partial charge in [0.1, 0.15) is 6.54 Å². The van der Waals surface area contributed by atoms with Gasteiger partial charge in [-0.1, -0.05) is 32.9 Å². The van der Waals surface area contributed by atoms with Gasteiger partial charge in [-0.2, -0.15) is 0 Å². The van der Waals surface area contributed by atoms with Crippen LogP contribution in [0.25, 0.3) is 0 Å². The molecule has 0 aliphatic carbocycles. The maximum absolute atomic E-state index is 5.38. The fourth-order valence-electron chi connectivity index (χ4n) is 3.12. The number of nitrogens with one attached hydrogen (secondary N) is 2. The van der Waals surface area contributed by atoms with Gasteiger partial charge in [-0.3, -0.25) is 0 Å². The van der Waals surface area contributed by atoms with Crippen LogP contribution in [0.5, 0.6) is 0 Å². The number of rotatable bonds is 7. The first-order valence-electron chi connectivity index (χ1n) is 9.70. The molecule has 1 aromatic heterocycles. The molecule has 1 fully saturated rings. The van der Waals surface area contributed by atoms with Crippen LogP contribution < -0.4 is 10.6 Å². The number of aromatic nitrogens is 1. The van der Waals surface area contributed by atoms with Crippen LogP contribution in [0.2, 0.25) is 0 Å². The minimum absolute atomic E-state index is 0. The van der Waals surface area contributed by atoms with E-state index in [-0.39, 0.29) is 24.0 Å². The fourth-order valence-corrected chi connectivity index (χ4v) is 3.12. The topological polar surface area (TPSA) is 65.7 Å². The minimum Gasteiger partial charge on any atom is -0.359 e. The van der Waals surface area contributed by atoms with Crippen LogP contribution in [-0.4, -0.2) is 48.2 Å². The van der Waals surface area contributed by atoms with E-state index < -0.39 is 0 Å². The third kappa shape index (κ3) is 7.82. The van der Waals surface area contributed by atoms with Gasteiger partial charge in [0.05, 0.1) is 5.69 Å². The molecule has 2 heterocycles. The van der Waals surface area contributed by atoms with E-state index in [1.54, 1.807) is 0 Å². The van der Waals surface area contributed by atoms with Crippen molar-refractivity contribution in [2.45, 2.75) is 66.0 Å². The van der Waals surface area contributed by atoms with Crippen molar-refractivity contribution in [3.8, 4) is 0 Å². The normalized spacial score (nSPS) is 16.8. The summed E-state index contributed by atoms with van der Waals surface area (Å²) in [6.45, 7) is 15.8. The lowest BCUT2D eigenvalue weighted by Gasteiger charge is -2.33. The smallest absolute Gasteiger partial charge is 0.191 e. The summed E-state index contributed by atoms with van der Waals surface area (Å²) >= 11 is 0. The lowest BCUT2D eigenvalue weighted by atomic mass is 10.0. The molecule has 7 heteroatoms. The highest BCUT2D eigenvalue weighted by Crippen LogP contribution is 2.15. The van der Waals surface area contributed by atoms with Crippen LogP contribution in [0, 0.1) is 5.92 Å². The summed E-state index contributed by atoms with van der Waals surface area (Å²) in [7, 11) is 0. The Morgan fingerprint density at radius 2 is 2.00 bits per heavy atom. The van der Waals surface area contributed by atoms with Crippen LogP contribution >= 0.6 is 24.0 Å². The Morgan fingerprint density at radius 3 is 2.54 bits per heavy atom. The summed E-state index contributed by atoms with van der Waals surface area (Å²) in [4.78, 5) is 7.23. The zero-order valence-corrected chi connectivity index (χ0v) is 19.2. The Bertz CT molecular complexity index is 536. The molecule has 26 heavy (non-hydrogen) atoms. The number of aliphatic imine (C=N–C) groups is 1. The van der Waals surface area contributed by atoms with Crippen molar-refractivity contribution < 1.29 is 4.52 Å². The number of hydrogen-bond acceptors (Lipinski definition) is 4. The predicted octanol–water partition coefficient (Wildman–Crippen LogP) is 3.59. The summed E-state index contributed by atoms with van der Waals surface area (Å²) in [5, 5.41) is 11.0. The molecule has 1 saturated heterocycles. The van der Waals surface area contributed by atoms with Crippen molar-refractivity contribution in [2.24, 2.45) is 10.9 Å². The van der Waals surface area contributed by atoms with Crippen LogP contribution in [0.15, 0.2) is 15.6 Å². The Morgan fingerprint density at radius 1 is 1.31 bits per heavy atom. The Kier molecular flexibility index (Phi) is 10.5. The van der Waals surface area contributed by atoms with Crippen LogP contribution in [-0.2, 0) is 6.54 Å². The molecule has 6 nitrogen and oxygen atoms in total. The predicted molar refractivity (Wildman–Crippen MR) is 118 cm³/mol. The van der Waals surface area contributed by atoms with E-state index in [1.165, 1.54) is 6.54 Å². The van der Waals surface area contributed by atoms with Crippen LogP contribution in [0.4, 0.5) is 0 Å². The van der Waals surface area contributed by atoms with Gasteiger partial charge in [0.25, 0.3) is 0 Å². The molecule has 150 valence electrons. The molecular formula is C19H36IN5O. The molecule has 0 amide bonds. The summed E-state index contributed by atoms with van der Waals surface area (Å²) < 4.78 is 5.38. The minimum atomic E-state index is 0. The average Bonchev–Trinajstić information content (AvgIpc) is 3.03. The quantitative estimate of drug-likeness (QED) is 0.357. The molecule has 1 aliphatic heterocycles. The highest BCUT2D eigenvalue weighted by atomic mass is 127. The second kappa shape index (κ2) is 11.8. The zero-order chi connectivity index (χ0) is 18.2. The number of halogens is 1. The van der Waals surface area contributed by atoms with E-state index in [4.69, 9.17) is 4.52 Å². The highest BCUT2D eigenvalue weighted by molar-refractivity contribution is 14.0. The summed E-state index contributed by atoms with van der Waals surface area (Å²) in [6.07, 6.45) is 2.33. The van der Waals surface area contributed by atoms with Gasteiger partial charge in [0, 0.05) is 38.3 Å². The molecule has 1 aromatic rings. The van der Waals surface area contributed by atoms with Crippen molar-refractivity contribution in [3.05, 3.63) is 17.5 Å². The first-order valence-corrected chi connectivity index (χ1v) is 9.70. The van der Waals surface area contributed by atoms with Crippen molar-refractivity contribution in [1.29, 1.82) is 0 Å². The van der Waals surface area contributed by atoms with Gasteiger partial charge in [-0.05, 0) is 31.6 Å². The molecule has 0 atom stereocenters. The van der Waals surface area contributed by atoms with E-state index in [0.717, 1.165) is 55.8 Å². The van der Waals surface area contributed by atoms with E-state index >= 15 is 0 Å². The fraction of sp³-hybridized carbons (Fsp3) is 0.789. The number of nitrogens with zero attached hydrogens (tertiary/aromatic N) is 3. The van der Waals surface area contributed by atoms with Gasteiger partial charge in [0.15, 0.2) is 11.7 Å². The summed E-state index contributed by atoms with van der Waals surface area (Å²) in [6, 6.07) is 2.49. The van der Waals surface area contributed by atoms with Crippen molar-refractivity contribution in [3.63, 3.8) is 0 Å². The summed E-state index contributed by atoms with van der Waals surface area (Å²) in [5.41, 5.74) is 0.987. The Hall–Kier alpha value is -0.830. The molecule has 0 bridgehead atoms. The molecule has 0 aromatic carbocycles. The first-order chi connectivity index (χ1) is 12.0. The van der Waals surface area contributed by atoms with Gasteiger partial charge >= 0.3 is 0 Å². The van der Waals surface area contributed by atoms with Gasteiger partial charge in [-0.25, -0.2) is 4.99 Å². The third-order valence-electron chi connectivity index (χ3n) is 4.46. The number of guanidine groups is 1. The Balaban J connectivity index is 0.00000338. The lowest BCUT2D eigenvalue weighted by molar-refractivity contribution is 0.187. The average molecular weight is 477 g/mol. The molecule has 0 radical (unpaired) electrons. The van der Waals surface area contributed by atoms with E-state index in [2.05, 4.69) is 60.3 Å². The van der Waals surface area contributed by atoms with Crippen LogP contribution in [0.3, 0.4) is 0 Å². The Labute approximate surface area is 175 Å². The molecule has 2 N–H and O–H groups in total. The largest absolute Gasteiger partial charge is 0.359 e. The SMILES string of the molecule is CCNC(=NCc1cc(C(C)C)no1)NC1CCN(CC(C)C)CC1.I. The monoisotopic (exact) mass is 477 g/mol. The van der Waals surface area contributed by atoms with E-state index in [9.17, 15) is 0 Å². The van der Waals surface area contributed by atoms with Gasteiger partial charge in [0.2, 0.25) is 0 Å². The highest BCUT2D eigenvalue weighted by Gasteiger charge is 2.20. The molecule has 0 unspecified atom stereocenters. The molecule has 0 saturated carbocycles. The van der Waals surface area contributed by atoms with Crippen LogP contribution in [0.1, 0.15) is 64.8 Å². The third-order valence-corrected chi connectivity index (χ3v) is 4.46. The molecule has 1 aliphatic rings. The van der Waals surface area contributed by atoms with E-state index in [1.807, 2.05) is 6.07 Å². The first kappa shape index (κ1) is 23.2. The van der Waals surface area contributed by atoms with Gasteiger partial charge < -0.3 is 20.1 Å². The molecule has 2 rings (SSSR count). The number of hydrogen-bond donors (Lipinski definition) is 2. The van der Waals surface area contributed by atoms with Crippen molar-refractivity contribution >= 4 is 29.9 Å². The lowest BCUT2D eigenvalue weighted by Crippen LogP contribution is -2.49. The summed E-state index contributed by atoms with van der Waals surface area (Å²) in [5.74, 6) is 2.80. The van der Waals surface area contributed by atoms with E-state index in [0.29, 0.717) is 18.5 Å².